The monoisotopic (exact) mass is 823 g/mol. The Kier molecular flexibility index (Phi) is 12.5. The van der Waals surface area contributed by atoms with Gasteiger partial charge >= 0.3 is 5.97 Å². The average Bonchev–Trinajstić information content (AvgIpc) is 4.00. The summed E-state index contributed by atoms with van der Waals surface area (Å²) in [5.74, 6) is -1.34. The maximum absolute atomic E-state index is 13.7. The zero-order valence-corrected chi connectivity index (χ0v) is 34.1. The number of fused-ring (bicyclic) bond motifs is 2. The molecule has 1 aliphatic rings. The average molecular weight is 824 g/mol. The fourth-order valence-electron chi connectivity index (χ4n) is 6.92. The Bertz CT molecular complexity index is 2640. The van der Waals surface area contributed by atoms with Crippen LogP contribution in [0.15, 0.2) is 53.7 Å². The first-order valence-corrected chi connectivity index (χ1v) is 20.2. The summed E-state index contributed by atoms with van der Waals surface area (Å²) in [5, 5.41) is 21.4. The van der Waals surface area contributed by atoms with E-state index < -0.39 is 17.8 Å². The Morgan fingerprint density at radius 3 is 2.36 bits per heavy atom. The number of pyridine rings is 1. The van der Waals surface area contributed by atoms with Crippen LogP contribution in [-0.4, -0.2) is 112 Å². The van der Waals surface area contributed by atoms with Gasteiger partial charge in [-0.25, -0.2) is 14.8 Å². The summed E-state index contributed by atoms with van der Waals surface area (Å²) in [6.45, 7) is 13.1. The molecular weight excluding hydrogens is 779 g/mol. The first-order valence-electron chi connectivity index (χ1n) is 19.4. The van der Waals surface area contributed by atoms with Crippen LogP contribution >= 0.6 is 11.3 Å². The zero-order valence-electron chi connectivity index (χ0n) is 33.3. The van der Waals surface area contributed by atoms with Gasteiger partial charge in [0.15, 0.2) is 10.4 Å². The van der Waals surface area contributed by atoms with Gasteiger partial charge in [-0.1, -0.05) is 23.5 Å². The molecule has 2 N–H and O–H groups in total. The molecule has 6 heterocycles. The number of aryl methyl sites for hydroxylation is 4. The van der Waals surface area contributed by atoms with E-state index in [1.807, 2.05) is 37.5 Å². The number of amides is 2. The largest absolute Gasteiger partial charge is 0.491 e. The summed E-state index contributed by atoms with van der Waals surface area (Å²) in [6, 6.07) is 8.22. The highest BCUT2D eigenvalue weighted by Gasteiger charge is 2.22. The van der Waals surface area contributed by atoms with Gasteiger partial charge in [-0.3, -0.25) is 38.5 Å². The number of carbonyl (C=O) groups is 4. The second-order valence-electron chi connectivity index (χ2n) is 13.9. The first kappa shape index (κ1) is 40.9. The molecule has 7 rings (SSSR count). The number of nitrogens with zero attached hydrogens (tertiary/aromatic N) is 10. The predicted octanol–water partition coefficient (Wildman–Crippen LogP) is 4.36. The summed E-state index contributed by atoms with van der Waals surface area (Å²) < 4.78 is 19.1. The normalized spacial score (nSPS) is 13.9. The summed E-state index contributed by atoms with van der Waals surface area (Å²) in [6.07, 6.45) is 6.48. The van der Waals surface area contributed by atoms with Crippen molar-refractivity contribution in [3.63, 3.8) is 0 Å². The van der Waals surface area contributed by atoms with Crippen molar-refractivity contribution in [3.05, 3.63) is 87.4 Å². The van der Waals surface area contributed by atoms with Crippen molar-refractivity contribution in [1.29, 1.82) is 0 Å². The Morgan fingerprint density at radius 2 is 1.66 bits per heavy atom. The van der Waals surface area contributed by atoms with E-state index in [0.29, 0.717) is 93.2 Å². The van der Waals surface area contributed by atoms with Gasteiger partial charge in [0.25, 0.3) is 11.8 Å². The van der Waals surface area contributed by atoms with E-state index in [-0.39, 0.29) is 24.6 Å². The quantitative estimate of drug-likeness (QED) is 0.0794. The molecule has 0 aliphatic carbocycles. The zero-order chi connectivity index (χ0) is 41.6. The van der Waals surface area contributed by atoms with Crippen LogP contribution in [0.5, 0.6) is 5.75 Å². The lowest BCUT2D eigenvalue weighted by atomic mass is 10.2. The van der Waals surface area contributed by atoms with Crippen LogP contribution in [0.1, 0.15) is 73.3 Å². The van der Waals surface area contributed by atoms with Crippen LogP contribution in [0.3, 0.4) is 0 Å². The highest BCUT2D eigenvalue weighted by atomic mass is 32.1. The molecule has 1 fully saturated rings. The van der Waals surface area contributed by atoms with Gasteiger partial charge in [0.1, 0.15) is 28.9 Å². The molecule has 1 aliphatic heterocycles. The highest BCUT2D eigenvalue weighted by molar-refractivity contribution is 7.16. The Morgan fingerprint density at radius 1 is 0.966 bits per heavy atom. The molecule has 0 bridgehead atoms. The third kappa shape index (κ3) is 9.06. The number of imidazole rings is 1. The van der Waals surface area contributed by atoms with Crippen molar-refractivity contribution in [1.82, 2.24) is 43.6 Å². The number of nitrogens with one attached hydrogen (secondary N) is 1. The number of ether oxygens (including phenoxy) is 2. The molecule has 0 unspecified atom stereocenters. The second kappa shape index (κ2) is 18.1. The number of benzene rings is 1. The van der Waals surface area contributed by atoms with Gasteiger partial charge in [-0.15, -0.1) is 0 Å². The fraction of sp³-hybridized carbons (Fsp3) is 0.375. The predicted molar refractivity (Wildman–Crippen MR) is 219 cm³/mol. The number of aromatic carboxylic acids is 1. The number of morpholine rings is 1. The van der Waals surface area contributed by atoms with Crippen molar-refractivity contribution in [2.45, 2.75) is 60.3 Å². The van der Waals surface area contributed by atoms with Gasteiger partial charge < -0.3 is 19.1 Å². The number of rotatable bonds is 16. The molecule has 308 valence electrons. The van der Waals surface area contributed by atoms with Crippen LogP contribution < -0.4 is 14.9 Å². The van der Waals surface area contributed by atoms with E-state index in [2.05, 4.69) is 30.4 Å². The van der Waals surface area contributed by atoms with Gasteiger partial charge in [0.05, 0.1) is 47.0 Å². The van der Waals surface area contributed by atoms with Gasteiger partial charge in [-0.2, -0.15) is 15.2 Å². The number of carboxylic acid groups (broad SMARTS) is 1. The molecule has 18 nitrogen and oxygen atoms in total. The third-order valence-electron chi connectivity index (χ3n) is 9.73. The Hall–Kier alpha value is -6.31. The number of hydrogen-bond donors (Lipinski definition) is 2. The number of carbonyl (C=O) groups excluding carboxylic acids is 3. The van der Waals surface area contributed by atoms with Crippen LogP contribution in [0.4, 0.5) is 5.95 Å². The van der Waals surface area contributed by atoms with E-state index in [0.717, 1.165) is 43.7 Å². The number of thiazole rings is 1. The van der Waals surface area contributed by atoms with Gasteiger partial charge in [0.2, 0.25) is 5.95 Å². The fourth-order valence-corrected chi connectivity index (χ4v) is 7.96. The summed E-state index contributed by atoms with van der Waals surface area (Å²) in [4.78, 5) is 67.4. The molecule has 0 atom stereocenters. The van der Waals surface area contributed by atoms with E-state index >= 15 is 0 Å². The Balaban J connectivity index is 1.23. The van der Waals surface area contributed by atoms with Gasteiger partial charge in [0, 0.05) is 57.6 Å². The number of aldehydes is 1. The van der Waals surface area contributed by atoms with Gasteiger partial charge in [-0.05, 0) is 64.4 Å². The van der Waals surface area contributed by atoms with Crippen molar-refractivity contribution >= 4 is 62.7 Å². The summed E-state index contributed by atoms with van der Waals surface area (Å²) >= 11 is 1.15. The summed E-state index contributed by atoms with van der Waals surface area (Å²) in [5.41, 5.74) is 3.96. The van der Waals surface area contributed by atoms with E-state index in [1.54, 1.807) is 45.1 Å². The lowest BCUT2D eigenvalue weighted by molar-refractivity contribution is 0.0358. The molecule has 1 aromatic carbocycles. The molecule has 0 radical (unpaired) electrons. The minimum Gasteiger partial charge on any atom is -0.491 e. The molecule has 0 saturated carbocycles. The van der Waals surface area contributed by atoms with Crippen molar-refractivity contribution in [2.75, 3.05) is 44.8 Å². The first-order chi connectivity index (χ1) is 28.6. The lowest BCUT2D eigenvalue weighted by Gasteiger charge is -2.26. The van der Waals surface area contributed by atoms with E-state index in [4.69, 9.17) is 14.5 Å². The standard InChI is InChI=1S/C40H45N11O7S/c1-5-50-30(18-25(3)45-50)36(53)43-39-42-29-20-27(24-52)21-32(58-15-9-10-47-13-16-57-17-14-47)34(29)48(39)11-7-8-12-49-35-33(22-28(23-41-35)38(55)56)59-40(49)44-37(54)31-19-26(4)46-51(31)6-2/h7-8,18-24H,5-6,9-17H2,1-4H3,(H,55,56)(H,42,43,53)/b8-7+,44-40?. The van der Waals surface area contributed by atoms with Crippen LogP contribution in [-0.2, 0) is 30.9 Å². The molecule has 0 spiro atoms. The van der Waals surface area contributed by atoms with Crippen LogP contribution in [0, 0.1) is 13.8 Å². The van der Waals surface area contributed by atoms with Crippen molar-refractivity contribution < 1.29 is 33.8 Å². The smallest absolute Gasteiger partial charge is 0.337 e. The minimum absolute atomic E-state index is 0.00886. The molecule has 5 aromatic heterocycles. The lowest BCUT2D eigenvalue weighted by Crippen LogP contribution is -2.37. The summed E-state index contributed by atoms with van der Waals surface area (Å²) in [7, 11) is 0. The number of allylic oxidation sites excluding steroid dienone is 2. The molecule has 1 saturated heterocycles. The Labute approximate surface area is 342 Å². The SMILES string of the molecule is CCn1nc(C)cc1C(=O)N=c1sc2cc(C(=O)O)cnc2n1C/C=C/Cn1c(NC(=O)c2cc(C)nn2CC)nc2cc(C=O)cc(OCCCN3CCOCC3)c21. The minimum atomic E-state index is -1.12. The van der Waals surface area contributed by atoms with Crippen LogP contribution in [0.2, 0.25) is 0 Å². The molecule has 6 aromatic rings. The topological polar surface area (TPSA) is 206 Å². The molecular formula is C40H45N11O7S. The van der Waals surface area contributed by atoms with E-state index in [1.165, 1.54) is 12.3 Å². The van der Waals surface area contributed by atoms with Crippen LogP contribution in [0.25, 0.3) is 21.4 Å². The second-order valence-corrected chi connectivity index (χ2v) is 14.9. The maximum atomic E-state index is 13.7. The van der Waals surface area contributed by atoms with E-state index in [9.17, 15) is 24.3 Å². The van der Waals surface area contributed by atoms with Crippen molar-refractivity contribution in [2.24, 2.45) is 4.99 Å². The third-order valence-corrected chi connectivity index (χ3v) is 10.7. The molecule has 2 amide bonds. The number of hydrogen-bond acceptors (Lipinski definition) is 12. The number of carboxylic acids is 1. The number of aromatic nitrogens is 8. The molecule has 19 heteroatoms. The highest BCUT2D eigenvalue weighted by Crippen LogP contribution is 2.31. The molecule has 59 heavy (non-hydrogen) atoms. The van der Waals surface area contributed by atoms with Crippen molar-refractivity contribution in [3.8, 4) is 5.75 Å². The maximum Gasteiger partial charge on any atom is 0.337 e. The number of anilines is 1.